The van der Waals surface area contributed by atoms with Crippen LogP contribution in [0.3, 0.4) is 0 Å². The Hall–Kier alpha value is -3.21. The molecule has 5 N–H and O–H groups in total. The summed E-state index contributed by atoms with van der Waals surface area (Å²) in [6, 6.07) is 13.3. The number of rotatable bonds is 4. The van der Waals surface area contributed by atoms with Gasteiger partial charge < -0.3 is 16.8 Å². The van der Waals surface area contributed by atoms with Crippen LogP contribution >= 0.6 is 11.6 Å². The van der Waals surface area contributed by atoms with Crippen LogP contribution in [-0.4, -0.2) is 21.9 Å². The van der Waals surface area contributed by atoms with E-state index >= 15 is 0 Å². The Morgan fingerprint density at radius 3 is 2.85 bits per heavy atom. The van der Waals surface area contributed by atoms with Crippen molar-refractivity contribution in [3.05, 3.63) is 47.5 Å². The zero-order valence-corrected chi connectivity index (χ0v) is 14.4. The van der Waals surface area contributed by atoms with Crippen molar-refractivity contribution in [1.82, 2.24) is 9.97 Å². The minimum atomic E-state index is -0.891. The fraction of sp³-hybridized carbons (Fsp3) is 0.111. The number of hydrogen-bond donors (Lipinski definition) is 3. The number of hydrogen-bond acceptors (Lipinski definition) is 6. The molecule has 0 aliphatic carbocycles. The first-order valence-electron chi connectivity index (χ1n) is 7.74. The van der Waals surface area contributed by atoms with Crippen LogP contribution in [0.1, 0.15) is 6.42 Å². The standard InChI is InChI=1S/C18H15ClN6O/c19-11-4-5-15-13(9-11)16(25-18(22)24-15)10-2-1-3-12(8-10)23-17(26)14(21)6-7-20/h1-5,8-9,14H,6,21H2,(H,23,26)(H2,22,24,25). The number of carbonyl (C=O) groups excluding carboxylic acids is 1. The van der Waals surface area contributed by atoms with Gasteiger partial charge in [0.15, 0.2) is 0 Å². The third-order valence-electron chi connectivity index (χ3n) is 3.73. The SMILES string of the molecule is N#CCC(N)C(=O)Nc1cccc(-c2nc(N)nc3ccc(Cl)cc23)c1. The molecule has 0 radical (unpaired) electrons. The summed E-state index contributed by atoms with van der Waals surface area (Å²) in [5.41, 5.74) is 14.0. The van der Waals surface area contributed by atoms with Crippen LogP contribution in [0, 0.1) is 11.3 Å². The quantitative estimate of drug-likeness (QED) is 0.650. The van der Waals surface area contributed by atoms with Gasteiger partial charge in [0.25, 0.3) is 0 Å². The molecule has 26 heavy (non-hydrogen) atoms. The molecule has 0 bridgehead atoms. The highest BCUT2D eigenvalue weighted by Gasteiger charge is 2.14. The third-order valence-corrected chi connectivity index (χ3v) is 3.96. The number of nitriles is 1. The molecule has 7 nitrogen and oxygen atoms in total. The van der Waals surface area contributed by atoms with E-state index in [4.69, 9.17) is 28.3 Å². The van der Waals surface area contributed by atoms with Gasteiger partial charge in [-0.25, -0.2) is 9.97 Å². The predicted octanol–water partition coefficient (Wildman–Crippen LogP) is 2.71. The summed E-state index contributed by atoms with van der Waals surface area (Å²) < 4.78 is 0. The Bertz CT molecular complexity index is 1030. The van der Waals surface area contributed by atoms with Crippen molar-refractivity contribution >= 4 is 40.0 Å². The topological polar surface area (TPSA) is 131 Å². The number of nitrogens with zero attached hydrogens (tertiary/aromatic N) is 3. The molecule has 3 rings (SSSR count). The number of carbonyl (C=O) groups is 1. The summed E-state index contributed by atoms with van der Waals surface area (Å²) in [6.07, 6.45) is -0.0584. The molecule has 130 valence electrons. The molecular formula is C18H15ClN6O. The Labute approximate surface area is 154 Å². The van der Waals surface area contributed by atoms with Gasteiger partial charge in [-0.3, -0.25) is 4.79 Å². The van der Waals surface area contributed by atoms with Crippen molar-refractivity contribution < 1.29 is 4.79 Å². The van der Waals surface area contributed by atoms with E-state index in [-0.39, 0.29) is 12.4 Å². The van der Waals surface area contributed by atoms with E-state index in [9.17, 15) is 4.79 Å². The molecule has 1 amide bonds. The molecule has 1 heterocycles. The first-order chi connectivity index (χ1) is 12.5. The van der Waals surface area contributed by atoms with Crippen molar-refractivity contribution in [3.63, 3.8) is 0 Å². The van der Waals surface area contributed by atoms with E-state index in [2.05, 4.69) is 15.3 Å². The minimum absolute atomic E-state index is 0.0584. The number of halogens is 1. The second kappa shape index (κ2) is 7.35. The second-order valence-corrected chi connectivity index (χ2v) is 6.07. The van der Waals surface area contributed by atoms with E-state index in [0.717, 1.165) is 10.9 Å². The van der Waals surface area contributed by atoms with Gasteiger partial charge in [0.1, 0.15) is 0 Å². The highest BCUT2D eigenvalue weighted by molar-refractivity contribution is 6.31. The molecule has 1 aromatic heterocycles. The van der Waals surface area contributed by atoms with Gasteiger partial charge in [-0.05, 0) is 30.3 Å². The van der Waals surface area contributed by atoms with Crippen molar-refractivity contribution in [2.45, 2.75) is 12.5 Å². The van der Waals surface area contributed by atoms with E-state index in [1.807, 2.05) is 12.1 Å². The van der Waals surface area contributed by atoms with Crippen molar-refractivity contribution in [1.29, 1.82) is 5.26 Å². The molecule has 1 unspecified atom stereocenters. The fourth-order valence-corrected chi connectivity index (χ4v) is 2.68. The zero-order valence-electron chi connectivity index (χ0n) is 13.6. The molecule has 1 atom stereocenters. The van der Waals surface area contributed by atoms with Crippen LogP contribution in [0.4, 0.5) is 11.6 Å². The predicted molar refractivity (Wildman–Crippen MR) is 101 cm³/mol. The van der Waals surface area contributed by atoms with Crippen LogP contribution in [0.2, 0.25) is 5.02 Å². The molecule has 0 aliphatic heterocycles. The van der Waals surface area contributed by atoms with Gasteiger partial charge in [-0.1, -0.05) is 23.7 Å². The van der Waals surface area contributed by atoms with E-state index in [1.165, 1.54) is 0 Å². The molecule has 0 saturated carbocycles. The number of nitrogens with one attached hydrogen (secondary N) is 1. The van der Waals surface area contributed by atoms with Crippen molar-refractivity contribution in [2.24, 2.45) is 5.73 Å². The summed E-state index contributed by atoms with van der Waals surface area (Å²) in [7, 11) is 0. The molecule has 2 aromatic carbocycles. The van der Waals surface area contributed by atoms with Gasteiger partial charge in [0.05, 0.1) is 29.7 Å². The lowest BCUT2D eigenvalue weighted by atomic mass is 10.1. The Morgan fingerprint density at radius 2 is 2.08 bits per heavy atom. The molecule has 0 spiro atoms. The van der Waals surface area contributed by atoms with Gasteiger partial charge in [0, 0.05) is 21.7 Å². The van der Waals surface area contributed by atoms with Crippen LogP contribution < -0.4 is 16.8 Å². The first-order valence-corrected chi connectivity index (χ1v) is 8.12. The molecule has 0 aliphatic rings. The second-order valence-electron chi connectivity index (χ2n) is 5.63. The number of nitrogens with two attached hydrogens (primary N) is 2. The van der Waals surface area contributed by atoms with Gasteiger partial charge in [-0.2, -0.15) is 5.26 Å². The van der Waals surface area contributed by atoms with E-state index in [0.29, 0.717) is 21.9 Å². The summed E-state index contributed by atoms with van der Waals surface area (Å²) in [5.74, 6) is -0.292. The lowest BCUT2D eigenvalue weighted by Gasteiger charge is -2.11. The van der Waals surface area contributed by atoms with Gasteiger partial charge in [-0.15, -0.1) is 0 Å². The molecule has 8 heteroatoms. The summed E-state index contributed by atoms with van der Waals surface area (Å²) >= 11 is 6.10. The highest BCUT2D eigenvalue weighted by Crippen LogP contribution is 2.30. The number of anilines is 2. The van der Waals surface area contributed by atoms with Gasteiger partial charge >= 0.3 is 0 Å². The van der Waals surface area contributed by atoms with Crippen LogP contribution in [0.25, 0.3) is 22.2 Å². The third kappa shape index (κ3) is 3.72. The number of nitrogen functional groups attached to an aromatic ring is 1. The van der Waals surface area contributed by atoms with Crippen LogP contribution in [0.15, 0.2) is 42.5 Å². The highest BCUT2D eigenvalue weighted by atomic mass is 35.5. The van der Waals surface area contributed by atoms with E-state index in [1.54, 1.807) is 36.4 Å². The first kappa shape index (κ1) is 17.6. The Kier molecular flexibility index (Phi) is 4.98. The smallest absolute Gasteiger partial charge is 0.242 e. The van der Waals surface area contributed by atoms with Crippen molar-refractivity contribution in [2.75, 3.05) is 11.1 Å². The van der Waals surface area contributed by atoms with Crippen molar-refractivity contribution in [3.8, 4) is 17.3 Å². The number of fused-ring (bicyclic) bond motifs is 1. The lowest BCUT2D eigenvalue weighted by Crippen LogP contribution is -2.35. The van der Waals surface area contributed by atoms with Gasteiger partial charge in [0.2, 0.25) is 11.9 Å². The van der Waals surface area contributed by atoms with Crippen LogP contribution in [0.5, 0.6) is 0 Å². The summed E-state index contributed by atoms with van der Waals surface area (Å²) in [5, 5.41) is 12.6. The average Bonchev–Trinajstić information content (AvgIpc) is 2.62. The minimum Gasteiger partial charge on any atom is -0.368 e. The molecule has 0 fully saturated rings. The Morgan fingerprint density at radius 1 is 1.27 bits per heavy atom. The monoisotopic (exact) mass is 366 g/mol. The molecule has 0 saturated heterocycles. The average molecular weight is 367 g/mol. The van der Waals surface area contributed by atoms with E-state index < -0.39 is 11.9 Å². The number of amides is 1. The maximum Gasteiger partial charge on any atom is 0.242 e. The zero-order chi connectivity index (χ0) is 18.7. The normalized spacial score (nSPS) is 11.7. The summed E-state index contributed by atoms with van der Waals surface area (Å²) in [4.78, 5) is 20.5. The molecular weight excluding hydrogens is 352 g/mol. The molecule has 3 aromatic rings. The van der Waals surface area contributed by atoms with Crippen LogP contribution in [-0.2, 0) is 4.79 Å². The fourth-order valence-electron chi connectivity index (χ4n) is 2.51. The largest absolute Gasteiger partial charge is 0.368 e. The summed E-state index contributed by atoms with van der Waals surface area (Å²) in [6.45, 7) is 0. The maximum absolute atomic E-state index is 12.0. The lowest BCUT2D eigenvalue weighted by molar-refractivity contribution is -0.117. The number of benzene rings is 2. The maximum atomic E-state index is 12.0. The Balaban J connectivity index is 2.01. The number of aromatic nitrogens is 2.